The van der Waals surface area contributed by atoms with Crippen LogP contribution in [0.5, 0.6) is 0 Å². The Kier molecular flexibility index (Phi) is 5.10. The van der Waals surface area contributed by atoms with Crippen LogP contribution in [0.15, 0.2) is 22.8 Å². The molecule has 0 bridgehead atoms. The molecule has 130 valence electrons. The molecule has 3 atom stereocenters. The van der Waals surface area contributed by atoms with Gasteiger partial charge in [0.25, 0.3) is 0 Å². The number of fused-ring (bicyclic) bond motifs is 1. The second kappa shape index (κ2) is 6.93. The van der Waals surface area contributed by atoms with Gasteiger partial charge in [0.05, 0.1) is 30.7 Å². The summed E-state index contributed by atoms with van der Waals surface area (Å²) in [6.45, 7) is 4.22. The molecule has 0 amide bonds. The highest BCUT2D eigenvalue weighted by Crippen LogP contribution is 2.32. The van der Waals surface area contributed by atoms with Gasteiger partial charge in [0, 0.05) is 25.6 Å². The molecule has 6 nitrogen and oxygen atoms in total. The molecule has 2 aliphatic heterocycles. The Morgan fingerprint density at radius 1 is 1.39 bits per heavy atom. The van der Waals surface area contributed by atoms with E-state index >= 15 is 0 Å². The molecular formula is C16H26N2O4S. The maximum Gasteiger partial charge on any atom is 0.213 e. The zero-order valence-electron chi connectivity index (χ0n) is 13.8. The molecule has 1 aromatic heterocycles. The Bertz CT molecular complexity index is 602. The first-order valence-electron chi connectivity index (χ1n) is 8.33. The van der Waals surface area contributed by atoms with Crippen molar-refractivity contribution >= 4 is 10.0 Å². The molecule has 23 heavy (non-hydrogen) atoms. The molecule has 0 N–H and O–H groups in total. The molecule has 0 aliphatic carbocycles. The van der Waals surface area contributed by atoms with Gasteiger partial charge in [-0.15, -0.1) is 0 Å². The van der Waals surface area contributed by atoms with E-state index in [1.807, 2.05) is 19.2 Å². The number of likely N-dealkylation sites (N-methyl/N-ethyl adjacent to an activating group) is 1. The zero-order valence-corrected chi connectivity index (χ0v) is 14.7. The molecular weight excluding hydrogens is 316 g/mol. The molecule has 0 spiro atoms. The van der Waals surface area contributed by atoms with Gasteiger partial charge in [0.15, 0.2) is 0 Å². The molecule has 0 aromatic carbocycles. The van der Waals surface area contributed by atoms with Gasteiger partial charge < -0.3 is 9.15 Å². The fraction of sp³-hybridized carbons (Fsp3) is 0.750. The topological polar surface area (TPSA) is 63.0 Å². The zero-order chi connectivity index (χ0) is 16.4. The number of sulfonamides is 1. The van der Waals surface area contributed by atoms with Gasteiger partial charge >= 0.3 is 0 Å². The van der Waals surface area contributed by atoms with E-state index < -0.39 is 10.0 Å². The van der Waals surface area contributed by atoms with Crippen molar-refractivity contribution in [1.82, 2.24) is 9.21 Å². The van der Waals surface area contributed by atoms with Crippen LogP contribution in [0.4, 0.5) is 0 Å². The van der Waals surface area contributed by atoms with Gasteiger partial charge in [0.1, 0.15) is 5.76 Å². The van der Waals surface area contributed by atoms with Gasteiger partial charge in [-0.3, -0.25) is 4.90 Å². The van der Waals surface area contributed by atoms with Crippen LogP contribution in [-0.4, -0.2) is 62.3 Å². The van der Waals surface area contributed by atoms with Crippen LogP contribution < -0.4 is 0 Å². The van der Waals surface area contributed by atoms with Crippen molar-refractivity contribution < 1.29 is 17.6 Å². The molecule has 7 heteroatoms. The third kappa shape index (κ3) is 3.63. The first-order valence-corrected chi connectivity index (χ1v) is 9.94. The fourth-order valence-electron chi connectivity index (χ4n) is 3.70. The lowest BCUT2D eigenvalue weighted by Crippen LogP contribution is -2.61. The highest BCUT2D eigenvalue weighted by molar-refractivity contribution is 7.89. The van der Waals surface area contributed by atoms with Crippen molar-refractivity contribution in [3.05, 3.63) is 24.2 Å². The summed E-state index contributed by atoms with van der Waals surface area (Å²) in [6, 6.07) is 3.87. The van der Waals surface area contributed by atoms with E-state index in [-0.39, 0.29) is 23.8 Å². The summed E-state index contributed by atoms with van der Waals surface area (Å²) in [5.74, 6) is 1.32. The van der Waals surface area contributed by atoms with E-state index in [2.05, 4.69) is 4.90 Å². The number of furan rings is 1. The van der Waals surface area contributed by atoms with Crippen molar-refractivity contribution in [1.29, 1.82) is 0 Å². The maximum atomic E-state index is 12.4. The average molecular weight is 342 g/mol. The number of piperidine rings is 1. The van der Waals surface area contributed by atoms with Crippen LogP contribution in [0, 0.1) is 5.92 Å². The van der Waals surface area contributed by atoms with Crippen LogP contribution in [0.1, 0.15) is 25.5 Å². The summed E-state index contributed by atoms with van der Waals surface area (Å²) in [5, 5.41) is 0. The molecule has 2 aliphatic rings. The third-order valence-corrected chi connectivity index (χ3v) is 6.83. The average Bonchev–Trinajstić information content (AvgIpc) is 3.06. The molecule has 2 saturated heterocycles. The summed E-state index contributed by atoms with van der Waals surface area (Å²) < 4.78 is 37.9. The molecule has 1 aromatic rings. The maximum absolute atomic E-state index is 12.4. The highest BCUT2D eigenvalue weighted by atomic mass is 32.2. The molecule has 3 heterocycles. The Hall–Kier alpha value is -0.890. The van der Waals surface area contributed by atoms with E-state index in [4.69, 9.17) is 9.15 Å². The molecule has 0 saturated carbocycles. The fourth-order valence-corrected chi connectivity index (χ4v) is 4.86. The SMILES string of the molecule is CCS(=O)(=O)N1C[C@@H]2CCCO[C@@H]2[C@H](N(C)Cc2ccco2)C1. The lowest BCUT2D eigenvalue weighted by molar-refractivity contribution is -0.0996. The number of rotatable bonds is 5. The van der Waals surface area contributed by atoms with Crippen LogP contribution in [0.25, 0.3) is 0 Å². The first-order chi connectivity index (χ1) is 11.0. The monoisotopic (exact) mass is 342 g/mol. The number of hydrogen-bond acceptors (Lipinski definition) is 5. The highest BCUT2D eigenvalue weighted by Gasteiger charge is 2.43. The summed E-state index contributed by atoms with van der Waals surface area (Å²) in [5.41, 5.74) is 0. The van der Waals surface area contributed by atoms with Gasteiger partial charge in [-0.1, -0.05) is 0 Å². The second-order valence-corrected chi connectivity index (χ2v) is 8.77. The van der Waals surface area contributed by atoms with Crippen molar-refractivity contribution in [2.45, 2.75) is 38.5 Å². The normalized spacial score (nSPS) is 29.6. The van der Waals surface area contributed by atoms with Gasteiger partial charge in [0.2, 0.25) is 10.0 Å². The van der Waals surface area contributed by atoms with Crippen molar-refractivity contribution in [3.63, 3.8) is 0 Å². The molecule has 3 rings (SSSR count). The van der Waals surface area contributed by atoms with Crippen molar-refractivity contribution in [3.8, 4) is 0 Å². The van der Waals surface area contributed by atoms with Gasteiger partial charge in [-0.25, -0.2) is 8.42 Å². The van der Waals surface area contributed by atoms with Crippen LogP contribution in [-0.2, 0) is 21.3 Å². The standard InChI is InChI=1S/C16H26N2O4S/c1-3-23(19,20)18-10-13-6-4-9-22-16(13)15(12-18)17(2)11-14-7-5-8-21-14/h5,7-8,13,15-16H,3-4,6,9-12H2,1-2H3/t13-,15+,16-/m0/s1. The number of ether oxygens (including phenoxy) is 1. The second-order valence-electron chi connectivity index (χ2n) is 6.52. The van der Waals surface area contributed by atoms with Crippen molar-refractivity contribution in [2.24, 2.45) is 5.92 Å². The Morgan fingerprint density at radius 3 is 2.91 bits per heavy atom. The Morgan fingerprint density at radius 2 is 2.22 bits per heavy atom. The minimum atomic E-state index is -3.17. The summed E-state index contributed by atoms with van der Waals surface area (Å²) >= 11 is 0. The predicted octanol–water partition coefficient (Wildman–Crippen LogP) is 1.54. The third-order valence-electron chi connectivity index (χ3n) is 5.01. The van der Waals surface area contributed by atoms with Crippen molar-refractivity contribution in [2.75, 3.05) is 32.5 Å². The summed E-state index contributed by atoms with van der Waals surface area (Å²) in [7, 11) is -1.15. The smallest absolute Gasteiger partial charge is 0.213 e. The number of hydrogen-bond donors (Lipinski definition) is 0. The lowest BCUT2D eigenvalue weighted by Gasteiger charge is -2.48. The minimum Gasteiger partial charge on any atom is -0.468 e. The van der Waals surface area contributed by atoms with E-state index in [0.717, 1.165) is 25.2 Å². The largest absolute Gasteiger partial charge is 0.468 e. The van der Waals surface area contributed by atoms with E-state index in [0.29, 0.717) is 19.6 Å². The summed E-state index contributed by atoms with van der Waals surface area (Å²) in [6.07, 6.45) is 3.81. The number of nitrogens with zero attached hydrogens (tertiary/aromatic N) is 2. The van der Waals surface area contributed by atoms with E-state index in [1.165, 1.54) is 0 Å². The first kappa shape index (κ1) is 17.0. The van der Waals surface area contributed by atoms with Crippen LogP contribution >= 0.6 is 0 Å². The Labute approximate surface area is 138 Å². The quantitative estimate of drug-likeness (QED) is 0.812. The minimum absolute atomic E-state index is 0.0560. The predicted molar refractivity (Wildman–Crippen MR) is 87.5 cm³/mol. The van der Waals surface area contributed by atoms with Gasteiger partial charge in [-0.2, -0.15) is 4.31 Å². The molecule has 2 fully saturated rings. The molecule has 0 radical (unpaired) electrons. The Balaban J connectivity index is 1.79. The molecule has 0 unspecified atom stereocenters. The van der Waals surface area contributed by atoms with Gasteiger partial charge in [-0.05, 0) is 38.9 Å². The van der Waals surface area contributed by atoms with Crippen LogP contribution in [0.2, 0.25) is 0 Å². The lowest BCUT2D eigenvalue weighted by atomic mass is 9.86. The summed E-state index contributed by atoms with van der Waals surface area (Å²) in [4.78, 5) is 2.17. The van der Waals surface area contributed by atoms with E-state index in [9.17, 15) is 8.42 Å². The van der Waals surface area contributed by atoms with Crippen LogP contribution in [0.3, 0.4) is 0 Å². The van der Waals surface area contributed by atoms with E-state index in [1.54, 1.807) is 17.5 Å².